The summed E-state index contributed by atoms with van der Waals surface area (Å²) in [4.78, 5) is 20.9. The van der Waals surface area contributed by atoms with Crippen LogP contribution < -0.4 is 5.73 Å². The summed E-state index contributed by atoms with van der Waals surface area (Å²) in [7, 11) is -4.03. The standard InChI is InChI=1S/C5H11N4O3P/c6-5(2-13(10,11)12)1-9-4-7-3-8-9/h3-5H,1-2,6H2,(H2,10,11,12). The van der Waals surface area contributed by atoms with Gasteiger partial charge in [-0.15, -0.1) is 0 Å². The molecule has 74 valence electrons. The number of hydrogen-bond acceptors (Lipinski definition) is 4. The lowest BCUT2D eigenvalue weighted by atomic mass is 10.4. The van der Waals surface area contributed by atoms with E-state index in [1.165, 1.54) is 17.3 Å². The third-order valence-corrected chi connectivity index (χ3v) is 2.31. The van der Waals surface area contributed by atoms with Gasteiger partial charge in [0.1, 0.15) is 12.7 Å². The van der Waals surface area contributed by atoms with Crippen LogP contribution in [0, 0.1) is 0 Å². The second-order valence-electron chi connectivity index (χ2n) is 2.72. The van der Waals surface area contributed by atoms with Gasteiger partial charge in [0.05, 0.1) is 12.7 Å². The molecule has 0 amide bonds. The molecule has 0 saturated carbocycles. The summed E-state index contributed by atoms with van der Waals surface area (Å²) in [6, 6.07) is -0.609. The van der Waals surface area contributed by atoms with E-state index in [0.717, 1.165) is 0 Å². The highest BCUT2D eigenvalue weighted by molar-refractivity contribution is 7.51. The number of nitrogens with zero attached hydrogens (tertiary/aromatic N) is 3. The van der Waals surface area contributed by atoms with Crippen molar-refractivity contribution in [2.45, 2.75) is 12.6 Å². The molecule has 0 aromatic carbocycles. The molecule has 1 atom stereocenters. The van der Waals surface area contributed by atoms with Gasteiger partial charge in [-0.05, 0) is 0 Å². The van der Waals surface area contributed by atoms with E-state index in [4.69, 9.17) is 15.5 Å². The summed E-state index contributed by atoms with van der Waals surface area (Å²) < 4.78 is 12.0. The van der Waals surface area contributed by atoms with Crippen LogP contribution in [-0.2, 0) is 11.1 Å². The van der Waals surface area contributed by atoms with E-state index in [0.29, 0.717) is 0 Å². The zero-order valence-electron chi connectivity index (χ0n) is 6.82. The Kier molecular flexibility index (Phi) is 3.16. The first kappa shape index (κ1) is 10.3. The average Bonchev–Trinajstić information content (AvgIpc) is 2.34. The maximum Gasteiger partial charge on any atom is 0.327 e. The highest BCUT2D eigenvalue weighted by atomic mass is 31.2. The first-order valence-corrected chi connectivity index (χ1v) is 5.40. The van der Waals surface area contributed by atoms with Crippen molar-refractivity contribution in [1.29, 1.82) is 0 Å². The van der Waals surface area contributed by atoms with Crippen LogP contribution in [0.25, 0.3) is 0 Å². The van der Waals surface area contributed by atoms with Crippen molar-refractivity contribution in [3.05, 3.63) is 12.7 Å². The molecular weight excluding hydrogens is 195 g/mol. The van der Waals surface area contributed by atoms with E-state index in [1.54, 1.807) is 0 Å². The van der Waals surface area contributed by atoms with E-state index in [-0.39, 0.29) is 12.7 Å². The number of rotatable bonds is 4. The van der Waals surface area contributed by atoms with Crippen molar-refractivity contribution >= 4 is 7.60 Å². The van der Waals surface area contributed by atoms with Crippen LogP contribution in [0.15, 0.2) is 12.7 Å². The number of nitrogens with two attached hydrogens (primary N) is 1. The van der Waals surface area contributed by atoms with E-state index < -0.39 is 13.6 Å². The van der Waals surface area contributed by atoms with Crippen molar-refractivity contribution in [3.63, 3.8) is 0 Å². The highest BCUT2D eigenvalue weighted by Gasteiger charge is 2.18. The first-order chi connectivity index (χ1) is 5.97. The minimum absolute atomic E-state index is 0.255. The van der Waals surface area contributed by atoms with Crippen LogP contribution in [0.4, 0.5) is 0 Å². The van der Waals surface area contributed by atoms with Crippen molar-refractivity contribution in [3.8, 4) is 0 Å². The zero-order chi connectivity index (χ0) is 9.90. The lowest BCUT2D eigenvalue weighted by molar-refractivity contribution is 0.364. The molecular formula is C5H11N4O3P. The summed E-state index contributed by atoms with van der Waals surface area (Å²) >= 11 is 0. The summed E-state index contributed by atoms with van der Waals surface area (Å²) in [5.74, 6) is 0. The van der Waals surface area contributed by atoms with Crippen LogP contribution in [0.1, 0.15) is 0 Å². The molecule has 13 heavy (non-hydrogen) atoms. The lowest BCUT2D eigenvalue weighted by Crippen LogP contribution is -2.30. The lowest BCUT2D eigenvalue weighted by Gasteiger charge is -2.11. The van der Waals surface area contributed by atoms with E-state index in [9.17, 15) is 4.57 Å². The maximum atomic E-state index is 10.5. The molecule has 8 heteroatoms. The molecule has 0 radical (unpaired) electrons. The van der Waals surface area contributed by atoms with Gasteiger partial charge in [-0.2, -0.15) is 5.10 Å². The zero-order valence-corrected chi connectivity index (χ0v) is 7.71. The quantitative estimate of drug-likeness (QED) is 0.532. The van der Waals surface area contributed by atoms with Gasteiger partial charge in [-0.3, -0.25) is 9.25 Å². The van der Waals surface area contributed by atoms with Crippen LogP contribution in [0.3, 0.4) is 0 Å². The molecule has 0 fully saturated rings. The molecule has 4 N–H and O–H groups in total. The minimum atomic E-state index is -4.03. The van der Waals surface area contributed by atoms with E-state index in [1.807, 2.05) is 0 Å². The third-order valence-electron chi connectivity index (χ3n) is 1.36. The number of aromatic nitrogens is 3. The third kappa shape index (κ3) is 4.14. The molecule has 1 aromatic heterocycles. The van der Waals surface area contributed by atoms with Gasteiger partial charge < -0.3 is 15.5 Å². The Labute approximate surface area is 74.7 Å². The van der Waals surface area contributed by atoms with Crippen molar-refractivity contribution in [1.82, 2.24) is 14.8 Å². The molecule has 0 aliphatic heterocycles. The molecule has 1 unspecified atom stereocenters. The largest absolute Gasteiger partial charge is 0.327 e. The first-order valence-electron chi connectivity index (χ1n) is 3.60. The maximum absolute atomic E-state index is 10.5. The Hall–Kier alpha value is -0.750. The van der Waals surface area contributed by atoms with Crippen LogP contribution in [0.5, 0.6) is 0 Å². The van der Waals surface area contributed by atoms with Crippen LogP contribution >= 0.6 is 7.60 Å². The Morgan fingerprint density at radius 3 is 2.77 bits per heavy atom. The van der Waals surface area contributed by atoms with Crippen molar-refractivity contribution < 1.29 is 14.4 Å². The second kappa shape index (κ2) is 3.97. The predicted molar refractivity (Wildman–Crippen MR) is 44.9 cm³/mol. The number of hydrogen-bond donors (Lipinski definition) is 3. The van der Waals surface area contributed by atoms with Crippen molar-refractivity contribution in [2.24, 2.45) is 5.73 Å². The average molecular weight is 206 g/mol. The molecule has 1 aromatic rings. The topological polar surface area (TPSA) is 114 Å². The smallest absolute Gasteiger partial charge is 0.326 e. The van der Waals surface area contributed by atoms with Crippen LogP contribution in [-0.4, -0.2) is 36.8 Å². The fraction of sp³-hybridized carbons (Fsp3) is 0.600. The predicted octanol–water partition coefficient (Wildman–Crippen LogP) is -1.22. The molecule has 1 heterocycles. The SMILES string of the molecule is NC(Cn1cncn1)CP(=O)(O)O. The van der Waals surface area contributed by atoms with Gasteiger partial charge in [0, 0.05) is 6.04 Å². The van der Waals surface area contributed by atoms with Gasteiger partial charge in [-0.1, -0.05) is 0 Å². The van der Waals surface area contributed by atoms with Crippen molar-refractivity contribution in [2.75, 3.05) is 6.16 Å². The Balaban J connectivity index is 2.43. The minimum Gasteiger partial charge on any atom is -0.326 e. The molecule has 0 bridgehead atoms. The normalized spacial score (nSPS) is 14.4. The fourth-order valence-corrected chi connectivity index (χ4v) is 1.66. The summed E-state index contributed by atoms with van der Waals surface area (Å²) in [6.07, 6.45) is 2.44. The summed E-state index contributed by atoms with van der Waals surface area (Å²) in [6.45, 7) is 0.255. The molecule has 1 rings (SSSR count). The van der Waals surface area contributed by atoms with E-state index >= 15 is 0 Å². The summed E-state index contributed by atoms with van der Waals surface area (Å²) in [5.41, 5.74) is 5.47. The Morgan fingerprint density at radius 1 is 1.62 bits per heavy atom. The molecule has 0 saturated heterocycles. The molecule has 7 nitrogen and oxygen atoms in total. The van der Waals surface area contributed by atoms with Gasteiger partial charge >= 0.3 is 7.60 Å². The Morgan fingerprint density at radius 2 is 2.31 bits per heavy atom. The molecule has 0 aliphatic rings. The summed E-state index contributed by atoms with van der Waals surface area (Å²) in [5, 5.41) is 3.76. The van der Waals surface area contributed by atoms with Gasteiger partial charge in [0.15, 0.2) is 0 Å². The van der Waals surface area contributed by atoms with E-state index in [2.05, 4.69) is 10.1 Å². The molecule has 0 aliphatic carbocycles. The monoisotopic (exact) mass is 206 g/mol. The molecule has 0 spiro atoms. The van der Waals surface area contributed by atoms with Gasteiger partial charge in [-0.25, -0.2) is 4.98 Å². The van der Waals surface area contributed by atoms with Gasteiger partial charge in [0.2, 0.25) is 0 Å². The fourth-order valence-electron chi connectivity index (χ4n) is 0.931. The van der Waals surface area contributed by atoms with Crippen LogP contribution in [0.2, 0.25) is 0 Å². The Bertz CT molecular complexity index is 295. The highest BCUT2D eigenvalue weighted by Crippen LogP contribution is 2.34. The second-order valence-corrected chi connectivity index (χ2v) is 4.42. The van der Waals surface area contributed by atoms with Gasteiger partial charge in [0.25, 0.3) is 0 Å².